The molecule has 0 bridgehead atoms. The zero-order valence-electron chi connectivity index (χ0n) is 31.4. The van der Waals surface area contributed by atoms with Crippen LogP contribution >= 0.6 is 0 Å². The van der Waals surface area contributed by atoms with Gasteiger partial charge >= 0.3 is 0 Å². The smallest absolute Gasteiger partial charge is 0.168 e. The number of furan rings is 2. The van der Waals surface area contributed by atoms with Crippen LogP contribution in [0, 0.1) is 0 Å². The second-order valence-corrected chi connectivity index (χ2v) is 15.1. The largest absolute Gasteiger partial charge is 0.456 e. The van der Waals surface area contributed by atoms with Crippen molar-refractivity contribution in [3.05, 3.63) is 182 Å². The molecule has 0 atom stereocenters. The van der Waals surface area contributed by atoms with Crippen LogP contribution in [0.15, 0.2) is 191 Å². The third-order valence-corrected chi connectivity index (χ3v) is 11.8. The molecule has 0 spiro atoms. The SMILES string of the molecule is c1ccc(-c2nc(-c3ccc4c(c3)oc3ccccc34)nc(-c3c4ccccc4c(-n4c5ccccc5c5cc6ccccc6cc54)c4c3oc3ccccc34)n2)cc1. The summed E-state index contributed by atoms with van der Waals surface area (Å²) in [4.78, 5) is 15.7. The second-order valence-electron chi connectivity index (χ2n) is 15.1. The van der Waals surface area contributed by atoms with Crippen LogP contribution in [0.25, 0.3) is 127 Å². The summed E-state index contributed by atoms with van der Waals surface area (Å²) in [6, 6.07) is 63.2. The van der Waals surface area contributed by atoms with Crippen molar-refractivity contribution in [2.45, 2.75) is 0 Å². The number of benzene rings is 9. The average Bonchev–Trinajstić information content (AvgIpc) is 3.97. The molecular weight excluding hydrogens is 725 g/mol. The van der Waals surface area contributed by atoms with Gasteiger partial charge < -0.3 is 13.4 Å². The highest BCUT2D eigenvalue weighted by molar-refractivity contribution is 6.25. The molecule has 6 heteroatoms. The van der Waals surface area contributed by atoms with E-state index < -0.39 is 0 Å². The quantitative estimate of drug-likeness (QED) is 0.179. The predicted octanol–water partition coefficient (Wildman–Crippen LogP) is 14.1. The molecule has 6 nitrogen and oxygen atoms in total. The normalized spacial score (nSPS) is 12.1. The van der Waals surface area contributed by atoms with Crippen molar-refractivity contribution < 1.29 is 8.83 Å². The Balaban J connectivity index is 1.16. The second kappa shape index (κ2) is 12.2. The van der Waals surface area contributed by atoms with Crippen LogP contribution in [0.4, 0.5) is 0 Å². The molecule has 4 aromatic heterocycles. The summed E-state index contributed by atoms with van der Waals surface area (Å²) in [5.41, 5.74) is 8.97. The number of nitrogens with zero attached hydrogens (tertiary/aromatic N) is 4. The molecule has 4 heterocycles. The zero-order valence-corrected chi connectivity index (χ0v) is 31.4. The van der Waals surface area contributed by atoms with E-state index in [1.807, 2.05) is 66.7 Å². The summed E-state index contributed by atoms with van der Waals surface area (Å²) in [5.74, 6) is 1.64. The van der Waals surface area contributed by atoms with Gasteiger partial charge in [-0.15, -0.1) is 0 Å². The molecule has 0 saturated heterocycles. The Morgan fingerprint density at radius 2 is 0.949 bits per heavy atom. The van der Waals surface area contributed by atoms with Crippen LogP contribution in [-0.4, -0.2) is 19.5 Å². The number of aromatic nitrogens is 4. The number of fused-ring (bicyclic) bond motifs is 11. The number of hydrogen-bond donors (Lipinski definition) is 0. The minimum absolute atomic E-state index is 0.526. The summed E-state index contributed by atoms with van der Waals surface area (Å²) in [5, 5.41) is 11.0. The van der Waals surface area contributed by atoms with E-state index in [9.17, 15) is 0 Å². The van der Waals surface area contributed by atoms with E-state index in [-0.39, 0.29) is 0 Å². The van der Waals surface area contributed by atoms with Gasteiger partial charge in [0.2, 0.25) is 0 Å². The molecule has 13 aromatic rings. The molecular formula is C53H30N4O2. The Labute approximate surface area is 336 Å². The lowest BCUT2D eigenvalue weighted by molar-refractivity contribution is 0.668. The van der Waals surface area contributed by atoms with Crippen molar-refractivity contribution in [3.8, 4) is 39.9 Å². The average molecular weight is 755 g/mol. The summed E-state index contributed by atoms with van der Waals surface area (Å²) in [6.45, 7) is 0. The van der Waals surface area contributed by atoms with Crippen LogP contribution < -0.4 is 0 Å². The van der Waals surface area contributed by atoms with Gasteiger partial charge in [0.25, 0.3) is 0 Å². The fourth-order valence-corrected chi connectivity index (χ4v) is 9.17. The van der Waals surface area contributed by atoms with Gasteiger partial charge in [-0.25, -0.2) is 15.0 Å². The van der Waals surface area contributed by atoms with Gasteiger partial charge in [-0.1, -0.05) is 140 Å². The monoisotopic (exact) mass is 754 g/mol. The molecule has 0 aliphatic heterocycles. The summed E-state index contributed by atoms with van der Waals surface area (Å²) >= 11 is 0. The van der Waals surface area contributed by atoms with Gasteiger partial charge in [-0.2, -0.15) is 0 Å². The maximum Gasteiger partial charge on any atom is 0.168 e. The molecule has 9 aromatic carbocycles. The van der Waals surface area contributed by atoms with E-state index in [4.69, 9.17) is 23.8 Å². The van der Waals surface area contributed by atoms with E-state index in [1.54, 1.807) is 0 Å². The van der Waals surface area contributed by atoms with Gasteiger partial charge in [0.15, 0.2) is 17.5 Å². The molecule has 0 unspecified atom stereocenters. The third kappa shape index (κ3) is 4.71. The molecule has 274 valence electrons. The van der Waals surface area contributed by atoms with Crippen LogP contribution in [0.2, 0.25) is 0 Å². The number of hydrogen-bond acceptors (Lipinski definition) is 5. The maximum absolute atomic E-state index is 7.03. The lowest BCUT2D eigenvalue weighted by Gasteiger charge is -2.17. The van der Waals surface area contributed by atoms with Gasteiger partial charge in [0.05, 0.1) is 27.7 Å². The minimum atomic E-state index is 0.526. The van der Waals surface area contributed by atoms with Crippen LogP contribution in [0.3, 0.4) is 0 Å². The Morgan fingerprint density at radius 3 is 1.76 bits per heavy atom. The van der Waals surface area contributed by atoms with Gasteiger partial charge in [0.1, 0.15) is 22.3 Å². The molecule has 0 aliphatic carbocycles. The van der Waals surface area contributed by atoms with Gasteiger partial charge in [-0.3, -0.25) is 0 Å². The molecule has 0 radical (unpaired) electrons. The minimum Gasteiger partial charge on any atom is -0.456 e. The summed E-state index contributed by atoms with van der Waals surface area (Å²) in [6.07, 6.45) is 0. The van der Waals surface area contributed by atoms with Crippen LogP contribution in [0.5, 0.6) is 0 Å². The fraction of sp³-hybridized carbons (Fsp3) is 0. The van der Waals surface area contributed by atoms with E-state index in [0.29, 0.717) is 17.5 Å². The topological polar surface area (TPSA) is 69.9 Å². The van der Waals surface area contributed by atoms with Crippen molar-refractivity contribution in [3.63, 3.8) is 0 Å². The first kappa shape index (κ1) is 32.0. The first-order valence-corrected chi connectivity index (χ1v) is 19.8. The molecule has 13 rings (SSSR count). The van der Waals surface area contributed by atoms with Gasteiger partial charge in [-0.05, 0) is 58.6 Å². The molecule has 0 N–H and O–H groups in total. The van der Waals surface area contributed by atoms with Crippen LogP contribution in [-0.2, 0) is 0 Å². The van der Waals surface area contributed by atoms with Crippen molar-refractivity contribution >= 4 is 87.2 Å². The standard InChI is InChI=1S/C53H30N4O2/c1-2-14-31(15-3-1)51-54-52(34-26-27-37-36-19-9-12-24-44(36)58-46(37)30-34)56-53(55-51)48-38-20-6-7-21-39(38)49(47-40-22-10-13-25-45(40)59-50(47)48)57-42-23-11-8-18-35(42)41-28-32-16-4-5-17-33(32)29-43(41)57/h1-30H. The van der Waals surface area contributed by atoms with Crippen molar-refractivity contribution in [2.24, 2.45) is 0 Å². The lowest BCUT2D eigenvalue weighted by Crippen LogP contribution is -2.02. The highest BCUT2D eigenvalue weighted by Crippen LogP contribution is 2.47. The van der Waals surface area contributed by atoms with Crippen LogP contribution in [0.1, 0.15) is 0 Å². The Bertz CT molecular complexity index is 3860. The number of para-hydroxylation sites is 3. The van der Waals surface area contributed by atoms with Crippen molar-refractivity contribution in [1.82, 2.24) is 19.5 Å². The lowest BCUT2D eigenvalue weighted by atomic mass is 9.96. The molecule has 0 amide bonds. The molecule has 0 saturated carbocycles. The van der Waals surface area contributed by atoms with E-state index in [1.165, 1.54) is 21.5 Å². The van der Waals surface area contributed by atoms with E-state index in [2.05, 4.69) is 120 Å². The first-order chi connectivity index (χ1) is 29.2. The molecule has 59 heavy (non-hydrogen) atoms. The third-order valence-electron chi connectivity index (χ3n) is 11.8. The van der Waals surface area contributed by atoms with E-state index in [0.717, 1.165) is 88.1 Å². The Hall–Kier alpha value is -8.09. The molecule has 0 fully saturated rings. The first-order valence-electron chi connectivity index (χ1n) is 19.8. The highest BCUT2D eigenvalue weighted by atomic mass is 16.3. The summed E-state index contributed by atoms with van der Waals surface area (Å²) in [7, 11) is 0. The van der Waals surface area contributed by atoms with Gasteiger partial charge in [0, 0.05) is 43.4 Å². The zero-order chi connectivity index (χ0) is 38.6. The van der Waals surface area contributed by atoms with Crippen molar-refractivity contribution in [2.75, 3.05) is 0 Å². The Kier molecular flexibility index (Phi) is 6.63. The summed E-state index contributed by atoms with van der Waals surface area (Å²) < 4.78 is 15.8. The maximum atomic E-state index is 7.03. The highest BCUT2D eigenvalue weighted by Gasteiger charge is 2.27. The predicted molar refractivity (Wildman–Crippen MR) is 240 cm³/mol. The van der Waals surface area contributed by atoms with E-state index >= 15 is 0 Å². The molecule has 0 aliphatic rings. The van der Waals surface area contributed by atoms with Crippen molar-refractivity contribution in [1.29, 1.82) is 0 Å². The number of rotatable bonds is 4. The Morgan fingerprint density at radius 1 is 0.356 bits per heavy atom. The fourth-order valence-electron chi connectivity index (χ4n) is 9.17.